The first-order valence-corrected chi connectivity index (χ1v) is 13.5. The average Bonchev–Trinajstić information content (AvgIpc) is 3.61. The fourth-order valence-electron chi connectivity index (χ4n) is 5.77. The van der Waals surface area contributed by atoms with Gasteiger partial charge in [0.1, 0.15) is 17.8 Å². The number of phenols is 1. The summed E-state index contributed by atoms with van der Waals surface area (Å²) in [5, 5.41) is 22.5. The molecule has 204 valence electrons. The summed E-state index contributed by atoms with van der Waals surface area (Å²) in [4.78, 5) is 9.65. The summed E-state index contributed by atoms with van der Waals surface area (Å²) in [6, 6.07) is 29.4. The fourth-order valence-corrected chi connectivity index (χ4v) is 5.77. The standard InChI is InChI=1S/C33H24N6O3/c1-19-27-28(20-12-14-24(41-2)15-13-20)29-31-35-30(25-16-21-8-6-7-9-22(21)17-26(25)40)37-38(31)18-34-32(29)42-33(27)39(36-19)23-10-4-3-5-11-23/h3-18,28,40H,1-2H3/t28-/m0/s1. The molecule has 4 heterocycles. The van der Waals surface area contributed by atoms with Crippen LogP contribution in [0.5, 0.6) is 23.3 Å². The summed E-state index contributed by atoms with van der Waals surface area (Å²) in [5.41, 5.74) is 5.53. The van der Waals surface area contributed by atoms with Gasteiger partial charge in [0.15, 0.2) is 11.5 Å². The number of aromatic hydroxyl groups is 1. The van der Waals surface area contributed by atoms with Gasteiger partial charge in [-0.1, -0.05) is 54.6 Å². The maximum absolute atomic E-state index is 10.9. The summed E-state index contributed by atoms with van der Waals surface area (Å²) in [7, 11) is 1.65. The Bertz CT molecular complexity index is 2130. The molecule has 7 aromatic rings. The molecular weight excluding hydrogens is 528 g/mol. The van der Waals surface area contributed by atoms with Crippen LogP contribution in [0, 0.1) is 6.92 Å². The molecule has 0 saturated heterocycles. The van der Waals surface area contributed by atoms with E-state index in [0.717, 1.165) is 44.6 Å². The zero-order chi connectivity index (χ0) is 28.4. The Labute approximate surface area is 240 Å². The summed E-state index contributed by atoms with van der Waals surface area (Å²) >= 11 is 0. The molecule has 0 fully saturated rings. The van der Waals surface area contributed by atoms with Gasteiger partial charge in [-0.25, -0.2) is 19.2 Å². The highest BCUT2D eigenvalue weighted by molar-refractivity contribution is 5.89. The molecule has 0 saturated carbocycles. The van der Waals surface area contributed by atoms with E-state index in [9.17, 15) is 5.11 Å². The zero-order valence-corrected chi connectivity index (χ0v) is 22.8. The molecule has 9 nitrogen and oxygen atoms in total. The van der Waals surface area contributed by atoms with Crippen LogP contribution < -0.4 is 9.47 Å². The van der Waals surface area contributed by atoms with E-state index in [1.807, 2.05) is 96.5 Å². The monoisotopic (exact) mass is 552 g/mol. The predicted molar refractivity (Wildman–Crippen MR) is 158 cm³/mol. The number of aryl methyl sites for hydroxylation is 1. The molecule has 4 aromatic carbocycles. The van der Waals surface area contributed by atoms with Gasteiger partial charge in [0.05, 0.1) is 41.1 Å². The quantitative estimate of drug-likeness (QED) is 0.268. The van der Waals surface area contributed by atoms with Crippen LogP contribution in [0.25, 0.3) is 33.5 Å². The van der Waals surface area contributed by atoms with E-state index < -0.39 is 0 Å². The molecule has 3 aromatic heterocycles. The number of phenolic OH excluding ortho intramolecular Hbond substituents is 1. The van der Waals surface area contributed by atoms with Crippen molar-refractivity contribution in [3.8, 4) is 40.3 Å². The van der Waals surface area contributed by atoms with E-state index in [4.69, 9.17) is 24.7 Å². The second-order valence-corrected chi connectivity index (χ2v) is 10.2. The van der Waals surface area contributed by atoms with Gasteiger partial charge in [-0.15, -0.1) is 5.10 Å². The van der Waals surface area contributed by atoms with Crippen molar-refractivity contribution in [1.29, 1.82) is 0 Å². The fraction of sp³-hybridized carbons (Fsp3) is 0.0909. The Morgan fingerprint density at radius 2 is 1.60 bits per heavy atom. The molecule has 1 N–H and O–H groups in total. The van der Waals surface area contributed by atoms with Crippen molar-refractivity contribution in [3.63, 3.8) is 0 Å². The van der Waals surface area contributed by atoms with Crippen LogP contribution in [0.2, 0.25) is 0 Å². The van der Waals surface area contributed by atoms with E-state index in [-0.39, 0.29) is 11.7 Å². The number of para-hydroxylation sites is 1. The Balaban J connectivity index is 1.36. The first kappa shape index (κ1) is 24.1. The highest BCUT2D eigenvalue weighted by atomic mass is 16.5. The molecule has 0 bridgehead atoms. The Kier molecular flexibility index (Phi) is 5.27. The number of benzene rings is 4. The van der Waals surface area contributed by atoms with Gasteiger partial charge in [-0.05, 0) is 59.7 Å². The lowest BCUT2D eigenvalue weighted by Crippen LogP contribution is -2.16. The smallest absolute Gasteiger partial charge is 0.230 e. The number of rotatable bonds is 4. The minimum absolute atomic E-state index is 0.108. The normalized spacial score (nSPS) is 14.0. The number of ether oxygens (including phenoxy) is 2. The van der Waals surface area contributed by atoms with E-state index in [1.54, 1.807) is 24.0 Å². The molecule has 1 atom stereocenters. The maximum atomic E-state index is 10.9. The number of hydrogen-bond acceptors (Lipinski definition) is 7. The van der Waals surface area contributed by atoms with Gasteiger partial charge in [-0.2, -0.15) is 5.10 Å². The third-order valence-corrected chi connectivity index (χ3v) is 7.78. The molecule has 0 unspecified atom stereocenters. The Hall–Kier alpha value is -5.70. The summed E-state index contributed by atoms with van der Waals surface area (Å²) in [6.45, 7) is 1.99. The molecule has 0 radical (unpaired) electrons. The van der Waals surface area contributed by atoms with Crippen molar-refractivity contribution in [2.24, 2.45) is 0 Å². The van der Waals surface area contributed by atoms with Crippen molar-refractivity contribution in [2.45, 2.75) is 12.8 Å². The van der Waals surface area contributed by atoms with Gasteiger partial charge in [0.2, 0.25) is 11.8 Å². The van der Waals surface area contributed by atoms with Crippen molar-refractivity contribution in [1.82, 2.24) is 29.4 Å². The molecular formula is C33H24N6O3. The highest BCUT2D eigenvalue weighted by Crippen LogP contribution is 2.50. The van der Waals surface area contributed by atoms with Gasteiger partial charge in [0, 0.05) is 0 Å². The topological polar surface area (TPSA) is 99.6 Å². The van der Waals surface area contributed by atoms with E-state index in [1.165, 1.54) is 0 Å². The maximum Gasteiger partial charge on any atom is 0.230 e. The Morgan fingerprint density at radius 1 is 0.857 bits per heavy atom. The summed E-state index contributed by atoms with van der Waals surface area (Å²) < 4.78 is 15.4. The SMILES string of the molecule is COc1ccc([C@H]2c3c(C)nn(-c4ccccc4)c3Oc3ncn4nc(-c5cc6ccccc6cc5O)nc4c32)cc1. The first-order valence-electron chi connectivity index (χ1n) is 13.5. The van der Waals surface area contributed by atoms with Crippen LogP contribution in [-0.4, -0.2) is 41.6 Å². The lowest BCUT2D eigenvalue weighted by Gasteiger charge is -2.26. The molecule has 0 spiro atoms. The van der Waals surface area contributed by atoms with Crippen molar-refractivity contribution >= 4 is 16.4 Å². The minimum Gasteiger partial charge on any atom is -0.507 e. The molecule has 0 aliphatic carbocycles. The van der Waals surface area contributed by atoms with Gasteiger partial charge >= 0.3 is 0 Å². The summed E-state index contributed by atoms with van der Waals surface area (Å²) in [5.74, 6) is 1.99. The Morgan fingerprint density at radius 3 is 2.36 bits per heavy atom. The molecule has 0 amide bonds. The van der Waals surface area contributed by atoms with Crippen molar-refractivity contribution < 1.29 is 14.6 Å². The number of fused-ring (bicyclic) bond motifs is 5. The van der Waals surface area contributed by atoms with Gasteiger partial charge in [-0.3, -0.25) is 0 Å². The molecule has 9 heteroatoms. The third-order valence-electron chi connectivity index (χ3n) is 7.78. The highest BCUT2D eigenvalue weighted by Gasteiger charge is 2.38. The van der Waals surface area contributed by atoms with Gasteiger partial charge in [0.25, 0.3) is 0 Å². The number of aromatic nitrogens is 6. The summed E-state index contributed by atoms with van der Waals surface area (Å²) in [6.07, 6.45) is 1.59. The minimum atomic E-state index is -0.300. The molecule has 1 aliphatic rings. The van der Waals surface area contributed by atoms with Crippen LogP contribution >= 0.6 is 0 Å². The van der Waals surface area contributed by atoms with Gasteiger partial charge < -0.3 is 14.6 Å². The lowest BCUT2D eigenvalue weighted by molar-refractivity contribution is 0.402. The molecule has 8 rings (SSSR count). The molecule has 1 aliphatic heterocycles. The van der Waals surface area contributed by atoms with Crippen LogP contribution in [0.1, 0.15) is 28.3 Å². The average molecular weight is 553 g/mol. The van der Waals surface area contributed by atoms with Crippen molar-refractivity contribution in [2.75, 3.05) is 7.11 Å². The van der Waals surface area contributed by atoms with Crippen LogP contribution in [0.4, 0.5) is 0 Å². The number of nitrogens with zero attached hydrogens (tertiary/aromatic N) is 6. The number of methoxy groups -OCH3 is 1. The van der Waals surface area contributed by atoms with E-state index >= 15 is 0 Å². The largest absolute Gasteiger partial charge is 0.507 e. The number of hydrogen-bond donors (Lipinski definition) is 1. The third kappa shape index (κ3) is 3.63. The second-order valence-electron chi connectivity index (χ2n) is 10.2. The zero-order valence-electron chi connectivity index (χ0n) is 22.8. The first-order chi connectivity index (χ1) is 20.6. The van der Waals surface area contributed by atoms with E-state index in [2.05, 4.69) is 4.98 Å². The molecule has 42 heavy (non-hydrogen) atoms. The van der Waals surface area contributed by atoms with E-state index in [0.29, 0.717) is 28.8 Å². The van der Waals surface area contributed by atoms with Crippen molar-refractivity contribution in [3.05, 3.63) is 120 Å². The van der Waals surface area contributed by atoms with Crippen LogP contribution in [0.15, 0.2) is 97.3 Å². The van der Waals surface area contributed by atoms with Crippen LogP contribution in [0.3, 0.4) is 0 Å². The van der Waals surface area contributed by atoms with Crippen LogP contribution in [-0.2, 0) is 0 Å². The predicted octanol–water partition coefficient (Wildman–Crippen LogP) is 6.44. The second kappa shape index (κ2) is 9.17. The lowest BCUT2D eigenvalue weighted by atomic mass is 9.84.